The Morgan fingerprint density at radius 1 is 1.03 bits per heavy atom. The molecule has 4 aromatic rings. The highest BCUT2D eigenvalue weighted by molar-refractivity contribution is 7.92. The molecule has 1 fully saturated rings. The highest BCUT2D eigenvalue weighted by Gasteiger charge is 2.51. The molecule has 1 saturated carbocycles. The molecule has 0 saturated heterocycles. The number of ketones is 1. The molecule has 7 heteroatoms. The Morgan fingerprint density at radius 3 is 2.50 bits per heavy atom. The molecule has 0 bridgehead atoms. The zero-order valence-electron chi connectivity index (χ0n) is 21.0. The Balaban J connectivity index is 1.45. The van der Waals surface area contributed by atoms with Gasteiger partial charge in [0.2, 0.25) is 0 Å². The van der Waals surface area contributed by atoms with Crippen LogP contribution in [0.4, 0.5) is 4.39 Å². The third-order valence-corrected chi connectivity index (χ3v) is 10.2. The van der Waals surface area contributed by atoms with Gasteiger partial charge in [0, 0.05) is 23.8 Å². The maximum absolute atomic E-state index is 14.2. The van der Waals surface area contributed by atoms with Gasteiger partial charge in [-0.3, -0.25) is 9.78 Å². The average molecular weight is 527 g/mol. The van der Waals surface area contributed by atoms with Crippen LogP contribution in [-0.2, 0) is 16.3 Å². The quantitative estimate of drug-likeness (QED) is 0.292. The van der Waals surface area contributed by atoms with Crippen molar-refractivity contribution in [1.29, 1.82) is 0 Å². The summed E-state index contributed by atoms with van der Waals surface area (Å²) in [5.74, 6) is -0.449. The lowest BCUT2D eigenvalue weighted by Crippen LogP contribution is -2.45. The number of hydrogen-bond acceptors (Lipinski definition) is 4. The van der Waals surface area contributed by atoms with E-state index in [1.807, 2.05) is 29.8 Å². The fourth-order valence-electron chi connectivity index (χ4n) is 5.93. The number of fused-ring (bicyclic) bond motifs is 2. The predicted octanol–water partition coefficient (Wildman–Crippen LogP) is 6.16. The van der Waals surface area contributed by atoms with E-state index in [0.29, 0.717) is 29.9 Å². The molecule has 0 amide bonds. The molecule has 38 heavy (non-hydrogen) atoms. The number of aryl methyl sites for hydroxylation is 1. The van der Waals surface area contributed by atoms with Crippen LogP contribution in [0.5, 0.6) is 0 Å². The fraction of sp³-hybridized carbons (Fsp3) is 0.226. The van der Waals surface area contributed by atoms with Gasteiger partial charge in [-0.1, -0.05) is 29.3 Å². The highest BCUT2D eigenvalue weighted by atomic mass is 32.2. The minimum absolute atomic E-state index is 0.145. The molecule has 2 atom stereocenters. The van der Waals surface area contributed by atoms with Crippen LogP contribution >= 0.6 is 0 Å². The zero-order valence-corrected chi connectivity index (χ0v) is 21.8. The van der Waals surface area contributed by atoms with E-state index >= 15 is 0 Å². The number of rotatable bonds is 5. The van der Waals surface area contributed by atoms with Crippen LogP contribution in [0.25, 0.3) is 11.8 Å². The second-order valence-corrected chi connectivity index (χ2v) is 12.5. The predicted molar refractivity (Wildman–Crippen MR) is 144 cm³/mol. The molecule has 2 aliphatic rings. The lowest BCUT2D eigenvalue weighted by molar-refractivity contribution is 0.0796. The number of sulfone groups is 1. The number of pyridine rings is 1. The van der Waals surface area contributed by atoms with E-state index in [9.17, 15) is 17.6 Å². The van der Waals surface area contributed by atoms with E-state index in [-0.39, 0.29) is 18.0 Å². The van der Waals surface area contributed by atoms with E-state index in [0.717, 1.165) is 28.1 Å². The molecule has 2 aromatic carbocycles. The molecule has 0 spiro atoms. The second kappa shape index (κ2) is 9.17. The summed E-state index contributed by atoms with van der Waals surface area (Å²) in [6.45, 7) is 1.92. The third-order valence-electron chi connectivity index (χ3n) is 7.97. The third kappa shape index (κ3) is 4.02. The van der Waals surface area contributed by atoms with Crippen molar-refractivity contribution < 1.29 is 17.6 Å². The van der Waals surface area contributed by atoms with Gasteiger partial charge in [-0.15, -0.1) is 0 Å². The highest BCUT2D eigenvalue weighted by Crippen LogP contribution is 2.52. The Labute approximate surface area is 221 Å². The minimum Gasteiger partial charge on any atom is -0.317 e. The van der Waals surface area contributed by atoms with Crippen molar-refractivity contribution in [3.05, 3.63) is 119 Å². The second-order valence-electron chi connectivity index (χ2n) is 10.3. The topological polar surface area (TPSA) is 69.0 Å². The van der Waals surface area contributed by atoms with Gasteiger partial charge in [-0.05, 0) is 98.8 Å². The molecule has 0 radical (unpaired) electrons. The van der Waals surface area contributed by atoms with E-state index in [1.54, 1.807) is 60.8 Å². The molecule has 0 unspecified atom stereocenters. The maximum Gasteiger partial charge on any atom is 0.191 e. The summed E-state index contributed by atoms with van der Waals surface area (Å²) in [6, 6.07) is 20.4. The number of benzene rings is 2. The van der Waals surface area contributed by atoms with E-state index in [1.165, 1.54) is 12.1 Å². The van der Waals surface area contributed by atoms with Crippen LogP contribution in [0.2, 0.25) is 0 Å². The Hall–Kier alpha value is -3.84. The summed E-state index contributed by atoms with van der Waals surface area (Å²) in [5, 5.41) is -0.684. The van der Waals surface area contributed by atoms with E-state index in [2.05, 4.69) is 4.98 Å². The average Bonchev–Trinajstić information content (AvgIpc) is 3.34. The number of carbonyl (C=O) groups is 1. The van der Waals surface area contributed by atoms with Crippen LogP contribution in [-0.4, -0.2) is 29.0 Å². The van der Waals surface area contributed by atoms with Gasteiger partial charge in [0.05, 0.1) is 15.6 Å². The first-order valence-corrected chi connectivity index (χ1v) is 14.3. The lowest BCUT2D eigenvalue weighted by atomic mass is 9.61. The van der Waals surface area contributed by atoms with Gasteiger partial charge in [-0.2, -0.15) is 0 Å². The van der Waals surface area contributed by atoms with Gasteiger partial charge in [0.15, 0.2) is 15.6 Å². The van der Waals surface area contributed by atoms with Crippen molar-refractivity contribution in [3.63, 3.8) is 0 Å². The molecule has 5 nitrogen and oxygen atoms in total. The molecular formula is C31H27FN2O3S. The molecule has 2 heterocycles. The zero-order chi connectivity index (χ0) is 26.5. The van der Waals surface area contributed by atoms with Crippen molar-refractivity contribution in [2.75, 3.05) is 0 Å². The summed E-state index contributed by atoms with van der Waals surface area (Å²) >= 11 is 0. The summed E-state index contributed by atoms with van der Waals surface area (Å²) < 4.78 is 43.1. The van der Waals surface area contributed by atoms with Gasteiger partial charge in [0.25, 0.3) is 0 Å². The van der Waals surface area contributed by atoms with Crippen molar-refractivity contribution in [3.8, 4) is 5.69 Å². The normalized spacial score (nSPS) is 20.8. The fourth-order valence-corrected chi connectivity index (χ4v) is 7.77. The minimum atomic E-state index is -3.64. The number of carbonyl (C=O) groups excluding carboxylic acids is 1. The van der Waals surface area contributed by atoms with E-state index < -0.39 is 20.5 Å². The van der Waals surface area contributed by atoms with E-state index in [4.69, 9.17) is 0 Å². The van der Waals surface area contributed by atoms with Crippen LogP contribution in [0.1, 0.15) is 46.6 Å². The number of nitrogens with zero attached hydrogens (tertiary/aromatic N) is 2. The van der Waals surface area contributed by atoms with Crippen LogP contribution in [0.15, 0.2) is 95.7 Å². The molecule has 2 aliphatic carbocycles. The van der Waals surface area contributed by atoms with Crippen LogP contribution in [0.3, 0.4) is 0 Å². The number of halogens is 1. The molecule has 2 aromatic heterocycles. The maximum atomic E-state index is 14.2. The monoisotopic (exact) mass is 526 g/mol. The first kappa shape index (κ1) is 24.5. The lowest BCUT2D eigenvalue weighted by Gasteiger charge is -2.43. The van der Waals surface area contributed by atoms with Gasteiger partial charge >= 0.3 is 0 Å². The number of aromatic nitrogens is 2. The molecular weight excluding hydrogens is 499 g/mol. The molecule has 192 valence electrons. The Bertz CT molecular complexity index is 1660. The Morgan fingerprint density at radius 2 is 1.79 bits per heavy atom. The first-order valence-electron chi connectivity index (χ1n) is 12.7. The Kier molecular flexibility index (Phi) is 5.91. The largest absolute Gasteiger partial charge is 0.317 e. The van der Waals surface area contributed by atoms with Crippen molar-refractivity contribution >= 4 is 21.7 Å². The van der Waals surface area contributed by atoms with Crippen LogP contribution in [0, 0.1) is 18.2 Å². The van der Waals surface area contributed by atoms with Gasteiger partial charge < -0.3 is 4.57 Å². The molecule has 0 aliphatic heterocycles. The number of Topliss-reactive ketones (excluding diaryl/α,β-unsaturated/α-hetero) is 1. The first-order chi connectivity index (χ1) is 18.3. The smallest absolute Gasteiger partial charge is 0.191 e. The van der Waals surface area contributed by atoms with Crippen molar-refractivity contribution in [2.45, 2.75) is 42.8 Å². The van der Waals surface area contributed by atoms with Gasteiger partial charge in [0.1, 0.15) is 11.5 Å². The number of allylic oxidation sites excluding steroid dienone is 1. The standard InChI is InChI=1S/C31H27FN2O3S/c1-21-5-12-26(13-6-21)38(36,37)27-14-7-23-18-29-22(15-17-34(29)25-10-8-24(32)9-11-25)19-31(23,20-27)30(35)28-4-2-3-16-33-28/h2-6,8-13,15-18,27H,7,14,19-20H2,1H3/t27-,31-/m0/s1. The SMILES string of the molecule is Cc1ccc(S(=O)(=O)[C@H]2CCC3=Cc4c(ccn4-c4ccc(F)cc4)C[C@]3(C(=O)c3ccccn3)C2)cc1. The summed E-state index contributed by atoms with van der Waals surface area (Å²) in [6.07, 6.45) is 7.07. The molecule has 6 rings (SSSR count). The van der Waals surface area contributed by atoms with Crippen molar-refractivity contribution in [2.24, 2.45) is 5.41 Å². The summed E-state index contributed by atoms with van der Waals surface area (Å²) in [7, 11) is -3.64. The van der Waals surface area contributed by atoms with Crippen molar-refractivity contribution in [1.82, 2.24) is 9.55 Å². The summed E-state index contributed by atoms with van der Waals surface area (Å²) in [5.41, 5.74) is 3.98. The van der Waals surface area contributed by atoms with Gasteiger partial charge in [-0.25, -0.2) is 12.8 Å². The van der Waals surface area contributed by atoms with Crippen LogP contribution < -0.4 is 0 Å². The summed E-state index contributed by atoms with van der Waals surface area (Å²) in [4.78, 5) is 18.8. The molecule has 0 N–H and O–H groups in total. The number of hydrogen-bond donors (Lipinski definition) is 0.